The van der Waals surface area contributed by atoms with Crippen molar-refractivity contribution in [3.8, 4) is 0 Å². The zero-order chi connectivity index (χ0) is 5.70. The second-order valence-corrected chi connectivity index (χ2v) is 1.53. The zero-order valence-electron chi connectivity index (χ0n) is 4.45. The van der Waals surface area contributed by atoms with Gasteiger partial charge in [0.2, 0.25) is 0 Å². The van der Waals surface area contributed by atoms with E-state index in [9.17, 15) is 4.39 Å². The molecular weight excluding hydrogens is 95.1 g/mol. The standard InChI is InChI=1S/C5H10FO/c1-5(7)3-2-4-6/h7H,2-4H2,1H3. The lowest BCUT2D eigenvalue weighted by Gasteiger charge is -1.95. The first-order valence-corrected chi connectivity index (χ1v) is 2.34. The van der Waals surface area contributed by atoms with Crippen LogP contribution >= 0.6 is 0 Å². The highest BCUT2D eigenvalue weighted by molar-refractivity contribution is 4.65. The van der Waals surface area contributed by atoms with Crippen LogP contribution in [-0.2, 0) is 0 Å². The Morgan fingerprint density at radius 1 is 1.71 bits per heavy atom. The normalized spacial score (nSPS) is 10.3. The van der Waals surface area contributed by atoms with Crippen LogP contribution in [0.25, 0.3) is 0 Å². The molecule has 0 atom stereocenters. The van der Waals surface area contributed by atoms with E-state index in [1.165, 1.54) is 0 Å². The molecule has 0 aliphatic carbocycles. The van der Waals surface area contributed by atoms with E-state index in [1.807, 2.05) is 0 Å². The van der Waals surface area contributed by atoms with Crippen LogP contribution in [0.1, 0.15) is 19.8 Å². The van der Waals surface area contributed by atoms with Gasteiger partial charge in [-0.05, 0) is 19.8 Å². The number of halogens is 1. The van der Waals surface area contributed by atoms with Crippen molar-refractivity contribution in [3.63, 3.8) is 0 Å². The first kappa shape index (κ1) is 6.89. The summed E-state index contributed by atoms with van der Waals surface area (Å²) in [6.45, 7) is 1.24. The Kier molecular flexibility index (Phi) is 4.00. The number of aliphatic hydroxyl groups is 1. The van der Waals surface area contributed by atoms with Gasteiger partial charge in [-0.3, -0.25) is 4.39 Å². The maximum absolute atomic E-state index is 11.2. The molecule has 0 aliphatic rings. The van der Waals surface area contributed by atoms with Crippen LogP contribution in [0.15, 0.2) is 0 Å². The van der Waals surface area contributed by atoms with Crippen molar-refractivity contribution >= 4 is 0 Å². The van der Waals surface area contributed by atoms with Gasteiger partial charge in [0.1, 0.15) is 0 Å². The van der Waals surface area contributed by atoms with Gasteiger partial charge in [0.15, 0.2) is 0 Å². The monoisotopic (exact) mass is 105 g/mol. The fourth-order valence-corrected chi connectivity index (χ4v) is 0.323. The molecule has 7 heavy (non-hydrogen) atoms. The van der Waals surface area contributed by atoms with Crippen molar-refractivity contribution in [1.29, 1.82) is 0 Å². The van der Waals surface area contributed by atoms with Crippen LogP contribution in [0.3, 0.4) is 0 Å². The maximum atomic E-state index is 11.2. The van der Waals surface area contributed by atoms with Crippen molar-refractivity contribution in [1.82, 2.24) is 0 Å². The summed E-state index contributed by atoms with van der Waals surface area (Å²) in [5, 5.41) is 8.43. The molecule has 0 fully saturated rings. The fourth-order valence-electron chi connectivity index (χ4n) is 0.323. The molecule has 2 heteroatoms. The lowest BCUT2D eigenvalue weighted by Crippen LogP contribution is -1.88. The van der Waals surface area contributed by atoms with E-state index in [4.69, 9.17) is 5.11 Å². The summed E-state index contributed by atoms with van der Waals surface area (Å²) in [6, 6.07) is 0. The molecule has 0 bridgehead atoms. The van der Waals surface area contributed by atoms with Crippen molar-refractivity contribution in [3.05, 3.63) is 6.10 Å². The Balaban J connectivity index is 2.68. The Hall–Kier alpha value is -0.110. The number of aliphatic hydroxyl groups excluding tert-OH is 1. The zero-order valence-corrected chi connectivity index (χ0v) is 4.45. The summed E-state index contributed by atoms with van der Waals surface area (Å²) in [4.78, 5) is 0. The molecule has 0 rings (SSSR count). The van der Waals surface area contributed by atoms with E-state index < -0.39 is 0 Å². The van der Waals surface area contributed by atoms with Gasteiger partial charge >= 0.3 is 0 Å². The molecule has 0 aliphatic heterocycles. The molecule has 0 unspecified atom stereocenters. The smallest absolute Gasteiger partial charge is 0.0903 e. The summed E-state index contributed by atoms with van der Waals surface area (Å²) in [5.74, 6) is 0. The van der Waals surface area contributed by atoms with Crippen molar-refractivity contribution in [2.45, 2.75) is 19.8 Å². The molecule has 1 radical (unpaired) electrons. The first-order valence-electron chi connectivity index (χ1n) is 2.34. The number of hydrogen-bond acceptors (Lipinski definition) is 1. The molecule has 0 spiro atoms. The molecule has 0 aromatic rings. The van der Waals surface area contributed by atoms with Crippen LogP contribution < -0.4 is 0 Å². The Labute approximate surface area is 43.2 Å². The predicted molar refractivity (Wildman–Crippen MR) is 26.1 cm³/mol. The highest BCUT2D eigenvalue weighted by Crippen LogP contribution is 2.01. The molecular formula is C5H10FO. The molecule has 1 N–H and O–H groups in total. The van der Waals surface area contributed by atoms with Gasteiger partial charge in [0, 0.05) is 0 Å². The summed E-state index contributed by atoms with van der Waals surface area (Å²) in [6.07, 6.45) is 1.26. The number of rotatable bonds is 3. The molecule has 0 saturated carbocycles. The van der Waals surface area contributed by atoms with Crippen LogP contribution in [-0.4, -0.2) is 11.8 Å². The lowest BCUT2D eigenvalue weighted by molar-refractivity contribution is 0.284. The third kappa shape index (κ3) is 5.89. The van der Waals surface area contributed by atoms with E-state index >= 15 is 0 Å². The molecule has 0 aromatic heterocycles. The molecule has 0 amide bonds. The highest BCUT2D eigenvalue weighted by atomic mass is 19.1. The minimum atomic E-state index is -0.335. The molecule has 1 nitrogen and oxygen atoms in total. The average molecular weight is 105 g/mol. The van der Waals surface area contributed by atoms with Gasteiger partial charge in [-0.15, -0.1) is 0 Å². The van der Waals surface area contributed by atoms with Gasteiger partial charge in [-0.2, -0.15) is 0 Å². The molecule has 0 aromatic carbocycles. The van der Waals surface area contributed by atoms with Crippen LogP contribution in [0.5, 0.6) is 0 Å². The van der Waals surface area contributed by atoms with Crippen molar-refractivity contribution in [2.75, 3.05) is 6.67 Å². The Morgan fingerprint density at radius 2 is 2.29 bits per heavy atom. The van der Waals surface area contributed by atoms with E-state index in [2.05, 4.69) is 0 Å². The van der Waals surface area contributed by atoms with Gasteiger partial charge in [-0.25, -0.2) is 0 Å². The number of hydrogen-bond donors (Lipinski definition) is 1. The van der Waals surface area contributed by atoms with Gasteiger partial charge in [-0.1, -0.05) is 0 Å². The predicted octanol–water partition coefficient (Wildman–Crippen LogP) is 1.66. The quantitative estimate of drug-likeness (QED) is 0.578. The largest absolute Gasteiger partial charge is 0.387 e. The summed E-state index contributed by atoms with van der Waals surface area (Å²) in [5.41, 5.74) is 0. The summed E-state index contributed by atoms with van der Waals surface area (Å²) in [7, 11) is 0. The average Bonchev–Trinajstić information content (AvgIpc) is 1.61. The SMILES string of the molecule is C[C](O)CCCF. The van der Waals surface area contributed by atoms with E-state index in [0.717, 1.165) is 0 Å². The van der Waals surface area contributed by atoms with Gasteiger partial charge < -0.3 is 5.11 Å². The molecule has 0 saturated heterocycles. The molecule has 43 valence electrons. The van der Waals surface area contributed by atoms with Crippen LogP contribution in [0, 0.1) is 6.10 Å². The minimum absolute atomic E-state index is 0.317. The van der Waals surface area contributed by atoms with E-state index in [0.29, 0.717) is 18.9 Å². The first-order chi connectivity index (χ1) is 3.27. The van der Waals surface area contributed by atoms with Crippen molar-refractivity contribution in [2.24, 2.45) is 0 Å². The number of alkyl halides is 1. The highest BCUT2D eigenvalue weighted by Gasteiger charge is 1.93. The topological polar surface area (TPSA) is 20.2 Å². The third-order valence-electron chi connectivity index (χ3n) is 0.672. The molecule has 0 heterocycles. The van der Waals surface area contributed by atoms with E-state index in [-0.39, 0.29) is 6.67 Å². The second-order valence-electron chi connectivity index (χ2n) is 1.53. The maximum Gasteiger partial charge on any atom is 0.0903 e. The Morgan fingerprint density at radius 3 is 2.43 bits per heavy atom. The van der Waals surface area contributed by atoms with Crippen LogP contribution in [0.4, 0.5) is 4.39 Å². The van der Waals surface area contributed by atoms with Gasteiger partial charge in [0.05, 0.1) is 12.8 Å². The summed E-state index contributed by atoms with van der Waals surface area (Å²) < 4.78 is 11.2. The fraction of sp³-hybridized carbons (Fsp3) is 0.800. The van der Waals surface area contributed by atoms with Gasteiger partial charge in [0.25, 0.3) is 0 Å². The van der Waals surface area contributed by atoms with E-state index in [1.54, 1.807) is 6.92 Å². The third-order valence-corrected chi connectivity index (χ3v) is 0.672. The minimum Gasteiger partial charge on any atom is -0.387 e. The summed E-state index contributed by atoms with van der Waals surface area (Å²) >= 11 is 0. The second kappa shape index (κ2) is 4.06. The van der Waals surface area contributed by atoms with Crippen molar-refractivity contribution < 1.29 is 9.50 Å². The lowest BCUT2D eigenvalue weighted by atomic mass is 10.2. The Bertz CT molecular complexity index is 37.1. The van der Waals surface area contributed by atoms with Crippen LogP contribution in [0.2, 0.25) is 0 Å².